The highest BCUT2D eigenvalue weighted by atomic mass is 16.6. The topological polar surface area (TPSA) is 102 Å². The second kappa shape index (κ2) is 42.9. The van der Waals surface area contributed by atoms with E-state index in [4.69, 9.17) is 14.2 Å². The number of hydrogen-bond donors (Lipinski definition) is 0. The number of hydrogen-bond acceptors (Lipinski definition) is 7. The monoisotopic (exact) mass is 850 g/mol. The smallest absolute Gasteiger partial charge is 0.306 e. The molecule has 0 bridgehead atoms. The number of carboxylic acid groups (broad SMARTS) is 1. The summed E-state index contributed by atoms with van der Waals surface area (Å²) in [5, 5.41) is 11.6. The molecule has 0 fully saturated rings. The van der Waals surface area contributed by atoms with Crippen molar-refractivity contribution < 1.29 is 38.2 Å². The van der Waals surface area contributed by atoms with E-state index in [0.717, 1.165) is 109 Å². The highest BCUT2D eigenvalue weighted by Crippen LogP contribution is 2.12. The van der Waals surface area contributed by atoms with Crippen molar-refractivity contribution in [2.24, 2.45) is 0 Å². The fourth-order valence-electron chi connectivity index (χ4n) is 6.28. The fourth-order valence-corrected chi connectivity index (χ4v) is 6.28. The lowest BCUT2D eigenvalue weighted by Gasteiger charge is -2.34. The number of carboxylic acids is 1. The van der Waals surface area contributed by atoms with Gasteiger partial charge in [0.2, 0.25) is 0 Å². The van der Waals surface area contributed by atoms with Gasteiger partial charge in [0.05, 0.1) is 40.3 Å². The predicted molar refractivity (Wildman–Crippen MR) is 254 cm³/mol. The summed E-state index contributed by atoms with van der Waals surface area (Å²) in [6, 6.07) is -0.741. The van der Waals surface area contributed by atoms with Crippen LogP contribution in [0, 0.1) is 0 Å². The van der Waals surface area contributed by atoms with Crippen LogP contribution in [0.5, 0.6) is 0 Å². The molecule has 0 aliphatic rings. The Balaban J connectivity index is 4.41. The Morgan fingerprint density at radius 2 is 0.918 bits per heavy atom. The van der Waals surface area contributed by atoms with Crippen LogP contribution in [0.15, 0.2) is 97.2 Å². The number of ether oxygens (including phenoxy) is 3. The number of esters is 2. The number of quaternary nitrogens is 1. The minimum absolute atomic E-state index is 0.0162. The molecule has 0 aliphatic heterocycles. The van der Waals surface area contributed by atoms with Crippen LogP contribution in [0.2, 0.25) is 0 Å². The zero-order chi connectivity index (χ0) is 44.9. The average Bonchev–Trinajstić information content (AvgIpc) is 3.22. The molecule has 0 saturated carbocycles. The summed E-state index contributed by atoms with van der Waals surface area (Å²) >= 11 is 0. The first-order valence-electron chi connectivity index (χ1n) is 23.8. The van der Waals surface area contributed by atoms with E-state index in [1.807, 2.05) is 0 Å². The Hall–Kier alpha value is -3.75. The molecule has 61 heavy (non-hydrogen) atoms. The molecule has 0 saturated heterocycles. The molecule has 8 heteroatoms. The maximum absolute atomic E-state index is 12.8. The molecule has 0 rings (SSSR count). The van der Waals surface area contributed by atoms with Crippen molar-refractivity contribution in [1.29, 1.82) is 0 Å². The van der Waals surface area contributed by atoms with Gasteiger partial charge in [-0.05, 0) is 96.3 Å². The lowest BCUT2D eigenvalue weighted by Crippen LogP contribution is -2.55. The number of aliphatic carboxylic acids is 1. The lowest BCUT2D eigenvalue weighted by molar-refractivity contribution is -0.889. The zero-order valence-corrected chi connectivity index (χ0v) is 39.3. The van der Waals surface area contributed by atoms with Crippen LogP contribution in [0.25, 0.3) is 0 Å². The van der Waals surface area contributed by atoms with Gasteiger partial charge >= 0.3 is 11.9 Å². The summed E-state index contributed by atoms with van der Waals surface area (Å²) < 4.78 is 17.1. The number of likely N-dealkylation sites (N-methyl/N-ethyl adjacent to an activating group) is 1. The Labute approximate surface area is 373 Å². The number of nitrogens with zero attached hydrogens (tertiary/aromatic N) is 1. The number of unbranched alkanes of at least 4 members (excludes halogenated alkanes) is 11. The van der Waals surface area contributed by atoms with Gasteiger partial charge in [0.25, 0.3) is 0 Å². The minimum atomic E-state index is -1.14. The van der Waals surface area contributed by atoms with Crippen LogP contribution in [-0.2, 0) is 28.6 Å². The number of carbonyl (C=O) groups excluding carboxylic acids is 3. The maximum atomic E-state index is 12.8. The van der Waals surface area contributed by atoms with Crippen molar-refractivity contribution in [3.8, 4) is 0 Å². The molecule has 0 spiro atoms. The van der Waals surface area contributed by atoms with Gasteiger partial charge in [0.15, 0.2) is 6.10 Å². The summed E-state index contributed by atoms with van der Waals surface area (Å²) in [6.07, 6.45) is 57.2. The van der Waals surface area contributed by atoms with Crippen molar-refractivity contribution >= 4 is 17.9 Å². The van der Waals surface area contributed by atoms with E-state index in [2.05, 4.69) is 111 Å². The molecule has 0 aromatic heterocycles. The van der Waals surface area contributed by atoms with E-state index >= 15 is 0 Å². The summed E-state index contributed by atoms with van der Waals surface area (Å²) in [7, 11) is 5.38. The normalized spacial score (nSPS) is 13.8. The SMILES string of the molecule is CC/C=C/C/C=C/C/C=C/C/C=C/CCCCCC(=O)OCC(COCCC(C(=O)[O-])[N+](C)(C)C)OC(=O)CCCCCCC/C=C/C/C=C/C/C=C/C/C=C/CCCCC. The van der Waals surface area contributed by atoms with Crippen LogP contribution in [0.4, 0.5) is 0 Å². The molecule has 0 aromatic rings. The fraction of sp³-hybridized carbons (Fsp3) is 0.642. The van der Waals surface area contributed by atoms with Crippen LogP contribution in [0.3, 0.4) is 0 Å². The zero-order valence-electron chi connectivity index (χ0n) is 39.3. The van der Waals surface area contributed by atoms with E-state index in [0.29, 0.717) is 6.42 Å². The van der Waals surface area contributed by atoms with Gasteiger partial charge in [-0.3, -0.25) is 9.59 Å². The van der Waals surface area contributed by atoms with Gasteiger partial charge in [-0.25, -0.2) is 0 Å². The van der Waals surface area contributed by atoms with Crippen molar-refractivity contribution in [3.63, 3.8) is 0 Å². The molecule has 2 unspecified atom stereocenters. The van der Waals surface area contributed by atoms with Gasteiger partial charge < -0.3 is 28.6 Å². The van der Waals surface area contributed by atoms with Gasteiger partial charge in [-0.1, -0.05) is 150 Å². The molecule has 0 radical (unpaired) electrons. The molecule has 346 valence electrons. The predicted octanol–water partition coefficient (Wildman–Crippen LogP) is 12.1. The average molecular weight is 850 g/mol. The molecule has 8 nitrogen and oxygen atoms in total. The van der Waals surface area contributed by atoms with Crippen molar-refractivity contribution in [2.45, 2.75) is 180 Å². The van der Waals surface area contributed by atoms with Gasteiger partial charge in [-0.15, -0.1) is 0 Å². The molecule has 0 aromatic carbocycles. The number of rotatable bonds is 41. The Morgan fingerprint density at radius 1 is 0.508 bits per heavy atom. The van der Waals surface area contributed by atoms with E-state index in [9.17, 15) is 19.5 Å². The summed E-state index contributed by atoms with van der Waals surface area (Å²) in [4.78, 5) is 36.9. The van der Waals surface area contributed by atoms with Crippen LogP contribution in [0.1, 0.15) is 168 Å². The molecule has 2 atom stereocenters. The lowest BCUT2D eigenvalue weighted by atomic mass is 10.1. The third-order valence-electron chi connectivity index (χ3n) is 9.95. The van der Waals surface area contributed by atoms with Crippen molar-refractivity contribution in [3.05, 3.63) is 97.2 Å². The molecule has 0 aliphatic carbocycles. The molecular formula is C53H87NO7. The number of allylic oxidation sites excluding steroid dienone is 16. The standard InChI is InChI=1S/C53H87NO7/c1-6-8-10-12-14-16-18-20-22-24-25-26-27-28-30-32-34-36-38-40-42-44-52(56)61-49(47-59-46-45-50(53(57)58)54(3,4)5)48-60-51(55)43-41-39-37-35-33-31-29-23-21-19-17-15-13-11-9-7-2/h9,11,14-17,20-23,25-26,28,30-31,33,49-50H,6-8,10,12-13,18-19,24,27,29,32,34-48H2,1-5H3/b11-9+,16-14+,17-15+,22-20+,23-21+,26-25+,30-28+,33-31+. The van der Waals surface area contributed by atoms with E-state index in [-0.39, 0.29) is 49.1 Å². The first kappa shape index (κ1) is 57.2. The first-order valence-corrected chi connectivity index (χ1v) is 23.8. The van der Waals surface area contributed by atoms with Crippen LogP contribution >= 0.6 is 0 Å². The first-order chi connectivity index (χ1) is 29.6. The minimum Gasteiger partial charge on any atom is -0.544 e. The third-order valence-corrected chi connectivity index (χ3v) is 9.95. The van der Waals surface area contributed by atoms with Gasteiger partial charge in [0.1, 0.15) is 12.6 Å². The van der Waals surface area contributed by atoms with Gasteiger partial charge in [0, 0.05) is 19.3 Å². The van der Waals surface area contributed by atoms with E-state index in [1.54, 1.807) is 21.1 Å². The van der Waals surface area contributed by atoms with Crippen molar-refractivity contribution in [1.82, 2.24) is 0 Å². The molecule has 0 N–H and O–H groups in total. The van der Waals surface area contributed by atoms with E-state index < -0.39 is 18.1 Å². The molecule has 0 amide bonds. The highest BCUT2D eigenvalue weighted by Gasteiger charge is 2.25. The Bertz CT molecular complexity index is 1310. The molecule has 0 heterocycles. The van der Waals surface area contributed by atoms with Crippen LogP contribution < -0.4 is 5.11 Å². The number of carbonyl (C=O) groups is 3. The summed E-state index contributed by atoms with van der Waals surface area (Å²) in [5.41, 5.74) is 0. The quantitative estimate of drug-likeness (QED) is 0.0261. The van der Waals surface area contributed by atoms with Gasteiger partial charge in [-0.2, -0.15) is 0 Å². The maximum Gasteiger partial charge on any atom is 0.306 e. The Morgan fingerprint density at radius 3 is 1.38 bits per heavy atom. The Kier molecular flexibility index (Phi) is 40.3. The van der Waals surface area contributed by atoms with Crippen molar-refractivity contribution in [2.75, 3.05) is 41.0 Å². The second-order valence-electron chi connectivity index (χ2n) is 16.6. The molecular weight excluding hydrogens is 763 g/mol. The highest BCUT2D eigenvalue weighted by molar-refractivity contribution is 5.70. The second-order valence-corrected chi connectivity index (χ2v) is 16.6. The van der Waals surface area contributed by atoms with Crippen LogP contribution in [-0.4, -0.2) is 75.5 Å². The summed E-state index contributed by atoms with van der Waals surface area (Å²) in [6.45, 7) is 4.45. The third kappa shape index (κ3) is 41.4. The largest absolute Gasteiger partial charge is 0.544 e. The van der Waals surface area contributed by atoms with E-state index in [1.165, 1.54) is 25.7 Å². The summed E-state index contributed by atoms with van der Waals surface area (Å²) in [5.74, 6) is -1.81.